The Labute approximate surface area is 202 Å². The Balaban J connectivity index is 1.18. The van der Waals surface area contributed by atoms with Crippen molar-refractivity contribution in [1.29, 1.82) is 0 Å². The van der Waals surface area contributed by atoms with Crippen LogP contribution in [0.1, 0.15) is 22.6 Å². The average molecular weight is 501 g/mol. The molecule has 2 fully saturated rings. The molecule has 10 heteroatoms. The maximum atomic E-state index is 14.9. The second-order valence-corrected chi connectivity index (χ2v) is 11.5. The molecule has 1 N–H and O–H groups in total. The van der Waals surface area contributed by atoms with Gasteiger partial charge in [-0.2, -0.15) is 0 Å². The van der Waals surface area contributed by atoms with Crippen LogP contribution >= 0.6 is 0 Å². The lowest BCUT2D eigenvalue weighted by Crippen LogP contribution is -2.31. The van der Waals surface area contributed by atoms with Gasteiger partial charge in [-0.3, -0.25) is 4.90 Å². The third kappa shape index (κ3) is 3.66. The van der Waals surface area contributed by atoms with Gasteiger partial charge < -0.3 is 9.30 Å². The molecule has 3 aromatic rings. The summed E-state index contributed by atoms with van der Waals surface area (Å²) in [7, 11) is 0.0172. The van der Waals surface area contributed by atoms with E-state index in [-0.39, 0.29) is 41.1 Å². The van der Waals surface area contributed by atoms with Crippen molar-refractivity contribution in [2.45, 2.75) is 35.9 Å². The van der Waals surface area contributed by atoms with Gasteiger partial charge in [0.05, 0.1) is 6.33 Å². The predicted octanol–water partition coefficient (Wildman–Crippen LogP) is 2.62. The SMILES string of the molecule is CN1C2C1C21Cc2cc(F)c(OCCNS(=O)(=O)c3cn(C)cn3)cc2C1Cc1cccc(F)c1. The van der Waals surface area contributed by atoms with Gasteiger partial charge >= 0.3 is 0 Å². The third-order valence-corrected chi connectivity index (χ3v) is 9.08. The van der Waals surface area contributed by atoms with Gasteiger partial charge in [-0.1, -0.05) is 12.1 Å². The summed E-state index contributed by atoms with van der Waals surface area (Å²) in [5.41, 5.74) is 3.02. The van der Waals surface area contributed by atoms with Gasteiger partial charge in [-0.05, 0) is 66.8 Å². The minimum Gasteiger partial charge on any atom is -0.489 e. The average Bonchev–Trinajstić information content (AvgIpc) is 3.56. The summed E-state index contributed by atoms with van der Waals surface area (Å²) in [6, 6.07) is 10.9. The summed E-state index contributed by atoms with van der Waals surface area (Å²) in [6.45, 7) is -0.0590. The smallest absolute Gasteiger partial charge is 0.259 e. The zero-order valence-corrected chi connectivity index (χ0v) is 20.2. The number of hydrogen-bond acceptors (Lipinski definition) is 5. The molecule has 1 aliphatic heterocycles. The molecule has 3 unspecified atom stereocenters. The molecule has 0 radical (unpaired) electrons. The molecule has 2 aromatic carbocycles. The Morgan fingerprint density at radius 2 is 2.00 bits per heavy atom. The first-order chi connectivity index (χ1) is 16.7. The molecule has 7 nitrogen and oxygen atoms in total. The molecule has 0 bridgehead atoms. The number of aromatic nitrogens is 2. The highest BCUT2D eigenvalue weighted by atomic mass is 32.2. The molecule has 0 amide bonds. The largest absolute Gasteiger partial charge is 0.489 e. The van der Waals surface area contributed by atoms with Crippen molar-refractivity contribution in [2.75, 3.05) is 20.2 Å². The van der Waals surface area contributed by atoms with E-state index in [1.165, 1.54) is 18.6 Å². The van der Waals surface area contributed by atoms with Crippen LogP contribution in [0.5, 0.6) is 5.75 Å². The van der Waals surface area contributed by atoms with Gasteiger partial charge in [0.1, 0.15) is 12.4 Å². The number of nitrogens with zero attached hydrogens (tertiary/aromatic N) is 3. The Morgan fingerprint density at radius 1 is 1.20 bits per heavy atom. The molecule has 2 aliphatic carbocycles. The molecule has 2 heterocycles. The maximum absolute atomic E-state index is 14.9. The number of likely N-dealkylation sites (N-methyl/N-ethyl adjacent to an activating group) is 1. The summed E-state index contributed by atoms with van der Waals surface area (Å²) < 4.78 is 63.0. The summed E-state index contributed by atoms with van der Waals surface area (Å²) >= 11 is 0. The number of imidazole rings is 1. The number of hydrogen-bond donors (Lipinski definition) is 1. The van der Waals surface area contributed by atoms with E-state index in [9.17, 15) is 17.2 Å². The molecular weight excluding hydrogens is 474 g/mol. The molecule has 1 aromatic heterocycles. The van der Waals surface area contributed by atoms with E-state index in [0.29, 0.717) is 18.5 Å². The Kier molecular flexibility index (Phi) is 5.07. The van der Waals surface area contributed by atoms with Gasteiger partial charge in [-0.15, -0.1) is 0 Å². The van der Waals surface area contributed by atoms with Crippen LogP contribution in [-0.4, -0.2) is 55.2 Å². The summed E-state index contributed by atoms with van der Waals surface area (Å²) in [5, 5.41) is -0.0813. The fourth-order valence-electron chi connectivity index (χ4n) is 6.13. The second-order valence-electron chi connectivity index (χ2n) is 9.84. The quantitative estimate of drug-likeness (QED) is 0.380. The van der Waals surface area contributed by atoms with Crippen LogP contribution in [-0.2, 0) is 29.9 Å². The first kappa shape index (κ1) is 22.6. The van der Waals surface area contributed by atoms with Crippen LogP contribution in [0.25, 0.3) is 0 Å². The number of benzene rings is 2. The number of likely N-dealkylation sites (tertiary alicyclic amines) is 1. The fourth-order valence-corrected chi connectivity index (χ4v) is 7.12. The van der Waals surface area contributed by atoms with Gasteiger partial charge in [0.25, 0.3) is 10.0 Å². The predicted molar refractivity (Wildman–Crippen MR) is 125 cm³/mol. The second kappa shape index (κ2) is 7.84. The van der Waals surface area contributed by atoms with E-state index >= 15 is 0 Å². The lowest BCUT2D eigenvalue weighted by Gasteiger charge is -2.29. The highest BCUT2D eigenvalue weighted by Crippen LogP contribution is 2.76. The number of fused-ring (bicyclic) bond motifs is 4. The van der Waals surface area contributed by atoms with Gasteiger partial charge in [-0.25, -0.2) is 26.9 Å². The number of nitrogens with one attached hydrogen (secondary N) is 1. The first-order valence-electron chi connectivity index (χ1n) is 11.6. The molecule has 3 aliphatic rings. The first-order valence-corrected chi connectivity index (χ1v) is 13.1. The molecule has 35 heavy (non-hydrogen) atoms. The molecule has 184 valence electrons. The topological polar surface area (TPSA) is 76.2 Å². The van der Waals surface area contributed by atoms with Crippen LogP contribution in [0.2, 0.25) is 0 Å². The van der Waals surface area contributed by atoms with E-state index < -0.39 is 15.8 Å². The number of halogens is 2. The lowest BCUT2D eigenvalue weighted by atomic mass is 9.81. The van der Waals surface area contributed by atoms with Crippen molar-refractivity contribution in [1.82, 2.24) is 19.2 Å². The highest BCUT2D eigenvalue weighted by Gasteiger charge is 2.84. The lowest BCUT2D eigenvalue weighted by molar-refractivity contribution is 0.226. The highest BCUT2D eigenvalue weighted by molar-refractivity contribution is 7.89. The summed E-state index contributed by atoms with van der Waals surface area (Å²) in [4.78, 5) is 6.17. The summed E-state index contributed by atoms with van der Waals surface area (Å²) in [5.74, 6) is -0.467. The van der Waals surface area contributed by atoms with Gasteiger partial charge in [0.15, 0.2) is 16.6 Å². The molecule has 3 atom stereocenters. The van der Waals surface area contributed by atoms with Crippen molar-refractivity contribution in [3.05, 3.63) is 77.2 Å². The van der Waals surface area contributed by atoms with E-state index in [1.54, 1.807) is 35.9 Å². The monoisotopic (exact) mass is 500 g/mol. The van der Waals surface area contributed by atoms with E-state index in [4.69, 9.17) is 4.74 Å². The van der Waals surface area contributed by atoms with Crippen molar-refractivity contribution >= 4 is 10.0 Å². The van der Waals surface area contributed by atoms with E-state index in [1.807, 2.05) is 6.07 Å². The standard InChI is InChI=1S/C25H26F2N4O3S/c1-30-13-22(28-14-30)35(32,33)29-6-7-34-21-11-18-16(10-20(21)27)12-25(23-24(25)31(23)2)19(18)9-15-4-3-5-17(26)8-15/h3-5,8,10-11,13-14,19,23-24,29H,6-7,9,12H2,1-2H3. The zero-order valence-electron chi connectivity index (χ0n) is 19.4. The van der Waals surface area contributed by atoms with Crippen LogP contribution in [0.3, 0.4) is 0 Å². The van der Waals surface area contributed by atoms with Crippen molar-refractivity contribution in [3.63, 3.8) is 0 Å². The maximum Gasteiger partial charge on any atom is 0.259 e. The van der Waals surface area contributed by atoms with Crippen molar-refractivity contribution in [2.24, 2.45) is 12.5 Å². The van der Waals surface area contributed by atoms with Gasteiger partial charge in [0.2, 0.25) is 0 Å². The normalized spacial score (nSPS) is 28.1. The number of ether oxygens (including phenoxy) is 1. The minimum atomic E-state index is -3.77. The van der Waals surface area contributed by atoms with Crippen LogP contribution in [0.15, 0.2) is 53.9 Å². The molecule has 1 spiro atoms. The van der Waals surface area contributed by atoms with Crippen LogP contribution in [0.4, 0.5) is 8.78 Å². The van der Waals surface area contributed by atoms with Crippen LogP contribution < -0.4 is 9.46 Å². The Morgan fingerprint density at radius 3 is 2.69 bits per heavy atom. The Hall–Kier alpha value is -2.82. The zero-order chi connectivity index (χ0) is 24.5. The molecule has 6 rings (SSSR count). The molecule has 1 saturated heterocycles. The number of sulfonamides is 1. The van der Waals surface area contributed by atoms with Gasteiger partial charge in [0, 0.05) is 37.3 Å². The van der Waals surface area contributed by atoms with Crippen molar-refractivity contribution < 1.29 is 21.9 Å². The van der Waals surface area contributed by atoms with Crippen LogP contribution in [0, 0.1) is 17.0 Å². The Bertz CT molecular complexity index is 1410. The third-order valence-electron chi connectivity index (χ3n) is 7.73. The summed E-state index contributed by atoms with van der Waals surface area (Å²) in [6.07, 6.45) is 4.29. The molecular formula is C25H26F2N4O3S. The van der Waals surface area contributed by atoms with Crippen molar-refractivity contribution in [3.8, 4) is 5.75 Å². The minimum absolute atomic E-state index is 0.0268. The van der Waals surface area contributed by atoms with E-state index in [2.05, 4.69) is 21.7 Å². The number of rotatable bonds is 8. The van der Waals surface area contributed by atoms with E-state index in [0.717, 1.165) is 23.1 Å². The molecule has 1 saturated carbocycles. The number of aryl methyl sites for hydroxylation is 1. The fraction of sp³-hybridized carbons (Fsp3) is 0.400.